The van der Waals surface area contributed by atoms with Gasteiger partial charge in [-0.2, -0.15) is 17.0 Å². The van der Waals surface area contributed by atoms with Crippen LogP contribution >= 0.6 is 15.9 Å². The fourth-order valence-corrected chi connectivity index (χ4v) is 6.74. The number of benzene rings is 1. The Labute approximate surface area is 210 Å². The average molecular weight is 554 g/mol. The molecule has 0 aliphatic carbocycles. The minimum absolute atomic E-state index is 0.167. The van der Waals surface area contributed by atoms with Gasteiger partial charge in [0.1, 0.15) is 6.04 Å². The number of hydrogen-bond acceptors (Lipinski definition) is 5. The third-order valence-electron chi connectivity index (χ3n) is 6.31. The van der Waals surface area contributed by atoms with Gasteiger partial charge in [0.2, 0.25) is 0 Å². The number of carbonyl (C=O) groups excluding carboxylic acids is 1. The second kappa shape index (κ2) is 12.2. The highest BCUT2D eigenvalue weighted by molar-refractivity contribution is 9.10. The largest absolute Gasteiger partial charge is 0.289 e. The molecule has 186 valence electrons. The quantitative estimate of drug-likeness (QED) is 0.345. The zero-order valence-electron chi connectivity index (χ0n) is 19.6. The SMILES string of the molecule is CC(C)[C@H](C(=O)NO)N(CCCc1cccnc1)S(=O)(=O)N1CCC(c2ccc(Br)cc2)CC1. The number of piperidine rings is 1. The highest BCUT2D eigenvalue weighted by atomic mass is 79.9. The van der Waals surface area contributed by atoms with E-state index in [1.165, 1.54) is 14.2 Å². The zero-order chi connectivity index (χ0) is 24.7. The first-order valence-electron chi connectivity index (χ1n) is 11.6. The van der Waals surface area contributed by atoms with Crippen molar-refractivity contribution in [3.63, 3.8) is 0 Å². The van der Waals surface area contributed by atoms with Crippen molar-refractivity contribution < 1.29 is 18.4 Å². The van der Waals surface area contributed by atoms with Gasteiger partial charge in [-0.25, -0.2) is 5.48 Å². The van der Waals surface area contributed by atoms with Crippen LogP contribution in [0.25, 0.3) is 0 Å². The van der Waals surface area contributed by atoms with Crippen LogP contribution in [0.2, 0.25) is 0 Å². The summed E-state index contributed by atoms with van der Waals surface area (Å²) in [5.41, 5.74) is 3.87. The number of halogens is 1. The van der Waals surface area contributed by atoms with Crippen molar-refractivity contribution in [2.45, 2.75) is 51.5 Å². The monoisotopic (exact) mass is 552 g/mol. The number of nitrogens with one attached hydrogen (secondary N) is 1. The molecule has 3 rings (SSSR count). The van der Waals surface area contributed by atoms with Crippen molar-refractivity contribution in [3.05, 3.63) is 64.4 Å². The van der Waals surface area contributed by atoms with Gasteiger partial charge in [-0.05, 0) is 66.8 Å². The molecule has 2 aromatic rings. The molecule has 1 aliphatic heterocycles. The van der Waals surface area contributed by atoms with Crippen LogP contribution in [0.1, 0.15) is 50.2 Å². The van der Waals surface area contributed by atoms with E-state index in [1.807, 2.05) is 24.3 Å². The predicted octanol–water partition coefficient (Wildman–Crippen LogP) is 3.73. The fraction of sp³-hybridized carbons (Fsp3) is 0.500. The number of aromatic nitrogens is 1. The summed E-state index contributed by atoms with van der Waals surface area (Å²) < 4.78 is 31.3. The molecule has 1 amide bonds. The van der Waals surface area contributed by atoms with Crippen molar-refractivity contribution in [2.75, 3.05) is 19.6 Å². The molecular formula is C24H33BrN4O4S. The first-order chi connectivity index (χ1) is 16.2. The van der Waals surface area contributed by atoms with Crippen molar-refractivity contribution in [2.24, 2.45) is 5.92 Å². The van der Waals surface area contributed by atoms with Gasteiger partial charge in [0.25, 0.3) is 16.1 Å². The maximum atomic E-state index is 13.8. The lowest BCUT2D eigenvalue weighted by Crippen LogP contribution is -2.57. The first kappa shape index (κ1) is 26.7. The second-order valence-corrected chi connectivity index (χ2v) is 11.8. The molecule has 2 heterocycles. The van der Waals surface area contributed by atoms with Crippen LogP contribution in [0.15, 0.2) is 53.3 Å². The highest BCUT2D eigenvalue weighted by Crippen LogP contribution is 2.31. The standard InChI is InChI=1S/C24H33BrN4O4S/c1-18(2)23(24(30)27-31)29(14-4-6-19-5-3-13-26-17-19)34(32,33)28-15-11-21(12-16-28)20-7-9-22(25)10-8-20/h3,5,7-10,13,17-18,21,23,31H,4,6,11-12,14-16H2,1-2H3,(H,27,30)/t23-/m1/s1. The molecular weight excluding hydrogens is 520 g/mol. The topological polar surface area (TPSA) is 103 Å². The van der Waals surface area contributed by atoms with E-state index in [0.717, 1.165) is 10.0 Å². The van der Waals surface area contributed by atoms with Gasteiger partial charge in [0.15, 0.2) is 0 Å². The average Bonchev–Trinajstić information content (AvgIpc) is 2.84. The van der Waals surface area contributed by atoms with Crippen LogP contribution in [0, 0.1) is 5.92 Å². The van der Waals surface area contributed by atoms with Gasteiger partial charge in [-0.1, -0.05) is 48.0 Å². The predicted molar refractivity (Wildman–Crippen MR) is 134 cm³/mol. The summed E-state index contributed by atoms with van der Waals surface area (Å²) in [6, 6.07) is 10.9. The number of nitrogens with zero attached hydrogens (tertiary/aromatic N) is 3. The number of carbonyl (C=O) groups is 1. The van der Waals surface area contributed by atoms with E-state index in [2.05, 4.69) is 33.0 Å². The van der Waals surface area contributed by atoms with Gasteiger partial charge in [-0.3, -0.25) is 15.0 Å². The lowest BCUT2D eigenvalue weighted by atomic mass is 9.90. The Morgan fingerprint density at radius 1 is 1.24 bits per heavy atom. The molecule has 1 aliphatic rings. The molecule has 0 spiro atoms. The van der Waals surface area contributed by atoms with Gasteiger partial charge in [0.05, 0.1) is 0 Å². The molecule has 8 nitrogen and oxygen atoms in total. The van der Waals surface area contributed by atoms with Crippen LogP contribution in [0.5, 0.6) is 0 Å². The zero-order valence-corrected chi connectivity index (χ0v) is 22.0. The molecule has 0 bridgehead atoms. The summed E-state index contributed by atoms with van der Waals surface area (Å²) in [7, 11) is -3.92. The third kappa shape index (κ3) is 6.63. The van der Waals surface area contributed by atoms with E-state index in [1.54, 1.807) is 31.7 Å². The minimum atomic E-state index is -3.92. The molecule has 0 saturated carbocycles. The molecule has 1 aromatic heterocycles. The number of hydrogen-bond donors (Lipinski definition) is 2. The summed E-state index contributed by atoms with van der Waals surface area (Å²) in [4.78, 5) is 16.6. The first-order valence-corrected chi connectivity index (χ1v) is 13.8. The molecule has 1 atom stereocenters. The Hall–Kier alpha value is -1.85. The van der Waals surface area contributed by atoms with E-state index in [-0.39, 0.29) is 12.5 Å². The number of amides is 1. The van der Waals surface area contributed by atoms with E-state index in [9.17, 15) is 18.4 Å². The Morgan fingerprint density at radius 2 is 1.91 bits per heavy atom. The Balaban J connectivity index is 1.76. The second-order valence-electron chi connectivity index (χ2n) is 8.97. The van der Waals surface area contributed by atoms with Crippen molar-refractivity contribution >= 4 is 32.0 Å². The van der Waals surface area contributed by atoms with Gasteiger partial charge in [-0.15, -0.1) is 0 Å². The van der Waals surface area contributed by atoms with Crippen molar-refractivity contribution in [1.82, 2.24) is 19.1 Å². The Morgan fingerprint density at radius 3 is 2.47 bits per heavy atom. The number of pyridine rings is 1. The van der Waals surface area contributed by atoms with Gasteiger partial charge >= 0.3 is 0 Å². The normalized spacial score (nSPS) is 16.6. The molecule has 0 unspecified atom stereocenters. The lowest BCUT2D eigenvalue weighted by Gasteiger charge is -2.38. The maximum absolute atomic E-state index is 13.8. The fourth-order valence-electron chi connectivity index (χ4n) is 4.52. The molecule has 1 saturated heterocycles. The van der Waals surface area contributed by atoms with Crippen LogP contribution in [0.3, 0.4) is 0 Å². The van der Waals surface area contributed by atoms with Crippen LogP contribution in [0.4, 0.5) is 0 Å². The van der Waals surface area contributed by atoms with Crippen LogP contribution < -0.4 is 5.48 Å². The molecule has 0 radical (unpaired) electrons. The smallest absolute Gasteiger partial charge is 0.282 e. The van der Waals surface area contributed by atoms with E-state index in [4.69, 9.17) is 0 Å². The molecule has 1 fully saturated rings. The maximum Gasteiger partial charge on any atom is 0.282 e. The summed E-state index contributed by atoms with van der Waals surface area (Å²) in [5.74, 6) is -0.745. The summed E-state index contributed by atoms with van der Waals surface area (Å²) in [5, 5.41) is 9.32. The number of hydroxylamine groups is 1. The Bertz CT molecular complexity index is 1030. The summed E-state index contributed by atoms with van der Waals surface area (Å²) in [6.45, 7) is 4.49. The van der Waals surface area contributed by atoms with E-state index >= 15 is 0 Å². The van der Waals surface area contributed by atoms with Crippen molar-refractivity contribution in [3.8, 4) is 0 Å². The number of aryl methyl sites for hydroxylation is 1. The van der Waals surface area contributed by atoms with Crippen LogP contribution in [-0.2, 0) is 21.4 Å². The van der Waals surface area contributed by atoms with E-state index in [0.29, 0.717) is 44.7 Å². The van der Waals surface area contributed by atoms with Crippen molar-refractivity contribution in [1.29, 1.82) is 0 Å². The van der Waals surface area contributed by atoms with E-state index < -0.39 is 22.2 Å². The van der Waals surface area contributed by atoms with Gasteiger partial charge in [0, 0.05) is 36.5 Å². The van der Waals surface area contributed by atoms with Gasteiger partial charge < -0.3 is 0 Å². The molecule has 2 N–H and O–H groups in total. The Kier molecular flexibility index (Phi) is 9.61. The summed E-state index contributed by atoms with van der Waals surface area (Å²) in [6.07, 6.45) is 6.04. The lowest BCUT2D eigenvalue weighted by molar-refractivity contribution is -0.134. The highest BCUT2D eigenvalue weighted by Gasteiger charge is 2.41. The summed E-state index contributed by atoms with van der Waals surface area (Å²) >= 11 is 3.45. The molecule has 1 aromatic carbocycles. The third-order valence-corrected chi connectivity index (χ3v) is 8.85. The number of rotatable bonds is 10. The molecule has 34 heavy (non-hydrogen) atoms. The minimum Gasteiger partial charge on any atom is -0.289 e. The molecule has 10 heteroatoms. The van der Waals surface area contributed by atoms with Crippen LogP contribution in [-0.4, -0.2) is 58.8 Å².